The largest absolute Gasteiger partial charge is 0.460 e. The van der Waals surface area contributed by atoms with Gasteiger partial charge in [0.25, 0.3) is 0 Å². The topological polar surface area (TPSA) is 52.3 Å². The van der Waals surface area contributed by atoms with Crippen molar-refractivity contribution in [1.29, 1.82) is 0 Å². The smallest absolute Gasteiger partial charge is 0.307 e. The Balaban J connectivity index is 2.14. The fourth-order valence-corrected chi connectivity index (χ4v) is 1.94. The number of thioether (sulfide) groups is 1. The highest BCUT2D eigenvalue weighted by molar-refractivity contribution is 7.98. The van der Waals surface area contributed by atoms with Crippen molar-refractivity contribution in [2.45, 2.75) is 45.5 Å². The van der Waals surface area contributed by atoms with Crippen LogP contribution in [0.4, 0.5) is 0 Å². The first-order chi connectivity index (χ1) is 7.87. The van der Waals surface area contributed by atoms with E-state index >= 15 is 0 Å². The molecule has 0 saturated heterocycles. The summed E-state index contributed by atoms with van der Waals surface area (Å²) in [6.45, 7) is 7.47. The maximum Gasteiger partial charge on any atom is 0.307 e. The lowest BCUT2D eigenvalue weighted by Crippen LogP contribution is -2.24. The van der Waals surface area contributed by atoms with Gasteiger partial charge in [0.15, 0.2) is 0 Å². The molecule has 0 aliphatic rings. The second-order valence-electron chi connectivity index (χ2n) is 4.75. The molecule has 0 aliphatic carbocycles. The van der Waals surface area contributed by atoms with Gasteiger partial charge in [-0.25, -0.2) is 4.98 Å². The third kappa shape index (κ3) is 6.36. The number of ether oxygens (including phenoxy) is 1. The highest BCUT2D eigenvalue weighted by Crippen LogP contribution is 2.14. The number of oxazole rings is 1. The Bertz CT molecular complexity index is 368. The fourth-order valence-electron chi connectivity index (χ4n) is 1.18. The van der Waals surface area contributed by atoms with Crippen LogP contribution < -0.4 is 0 Å². The van der Waals surface area contributed by atoms with E-state index in [4.69, 9.17) is 9.15 Å². The average Bonchev–Trinajstić information content (AvgIpc) is 2.56. The van der Waals surface area contributed by atoms with Crippen LogP contribution in [-0.2, 0) is 15.3 Å². The summed E-state index contributed by atoms with van der Waals surface area (Å²) in [6.07, 6.45) is 2.12. The van der Waals surface area contributed by atoms with Crippen LogP contribution >= 0.6 is 11.8 Å². The summed E-state index contributed by atoms with van der Waals surface area (Å²) >= 11 is 1.62. The molecule has 0 unspecified atom stereocenters. The minimum Gasteiger partial charge on any atom is -0.460 e. The quantitative estimate of drug-likeness (QED) is 0.599. The van der Waals surface area contributed by atoms with E-state index in [0.29, 0.717) is 18.1 Å². The molecule has 0 fully saturated rings. The number of hydrogen-bond donors (Lipinski definition) is 0. The average molecular weight is 257 g/mol. The lowest BCUT2D eigenvalue weighted by Gasteiger charge is -2.19. The van der Waals surface area contributed by atoms with Crippen molar-refractivity contribution in [2.75, 3.05) is 5.75 Å². The standard InChI is InChI=1S/C12H19NO3S/c1-9-7-13-10(15-9)8-17-6-5-11(14)16-12(2,3)4/h7H,5-6,8H2,1-4H3. The van der Waals surface area contributed by atoms with Crippen LogP contribution in [0.1, 0.15) is 38.8 Å². The first kappa shape index (κ1) is 14.1. The van der Waals surface area contributed by atoms with Crippen molar-refractivity contribution in [2.24, 2.45) is 0 Å². The molecule has 5 heteroatoms. The number of carbonyl (C=O) groups is 1. The van der Waals surface area contributed by atoms with Crippen LogP contribution in [0.3, 0.4) is 0 Å². The molecule has 0 spiro atoms. The molecule has 0 radical (unpaired) electrons. The van der Waals surface area contributed by atoms with Crippen LogP contribution in [0.2, 0.25) is 0 Å². The van der Waals surface area contributed by atoms with Crippen molar-refractivity contribution < 1.29 is 13.9 Å². The normalized spacial score (nSPS) is 11.5. The molecule has 0 saturated carbocycles. The van der Waals surface area contributed by atoms with Gasteiger partial charge in [-0.3, -0.25) is 4.79 Å². The van der Waals surface area contributed by atoms with Crippen molar-refractivity contribution in [3.8, 4) is 0 Å². The predicted octanol–water partition coefficient (Wildman–Crippen LogP) is 2.95. The fraction of sp³-hybridized carbons (Fsp3) is 0.667. The summed E-state index contributed by atoms with van der Waals surface area (Å²) in [5.41, 5.74) is -0.401. The molecule has 0 amide bonds. The third-order valence-corrected chi connectivity index (χ3v) is 2.71. The summed E-state index contributed by atoms with van der Waals surface area (Å²) in [5, 5.41) is 0. The lowest BCUT2D eigenvalue weighted by molar-refractivity contribution is -0.154. The Morgan fingerprint density at radius 1 is 1.53 bits per heavy atom. The van der Waals surface area contributed by atoms with Gasteiger partial charge in [-0.15, -0.1) is 0 Å². The van der Waals surface area contributed by atoms with Gasteiger partial charge < -0.3 is 9.15 Å². The van der Waals surface area contributed by atoms with Gasteiger partial charge in [-0.05, 0) is 27.7 Å². The molecule has 0 atom stereocenters. The maximum absolute atomic E-state index is 11.4. The number of rotatable bonds is 5. The highest BCUT2D eigenvalue weighted by Gasteiger charge is 2.15. The third-order valence-electron chi connectivity index (χ3n) is 1.77. The van der Waals surface area contributed by atoms with Gasteiger partial charge in [-0.1, -0.05) is 0 Å². The number of carbonyl (C=O) groups excluding carboxylic acids is 1. The monoisotopic (exact) mass is 257 g/mol. The molecule has 96 valence electrons. The van der Waals surface area contributed by atoms with E-state index in [1.807, 2.05) is 27.7 Å². The number of aromatic nitrogens is 1. The predicted molar refractivity (Wildman–Crippen MR) is 67.9 cm³/mol. The first-order valence-corrected chi connectivity index (χ1v) is 6.73. The SMILES string of the molecule is Cc1cnc(CSCCC(=O)OC(C)(C)C)o1. The molecule has 0 bridgehead atoms. The highest BCUT2D eigenvalue weighted by atomic mass is 32.2. The molecule has 4 nitrogen and oxygen atoms in total. The van der Waals surface area contributed by atoms with Crippen molar-refractivity contribution in [3.63, 3.8) is 0 Å². The van der Waals surface area contributed by atoms with Crippen molar-refractivity contribution in [1.82, 2.24) is 4.98 Å². The van der Waals surface area contributed by atoms with Crippen LogP contribution in [-0.4, -0.2) is 22.3 Å². The summed E-state index contributed by atoms with van der Waals surface area (Å²) in [7, 11) is 0. The molecule has 0 aromatic carbocycles. The first-order valence-electron chi connectivity index (χ1n) is 5.58. The number of aryl methyl sites for hydroxylation is 1. The van der Waals surface area contributed by atoms with Gasteiger partial charge in [0.2, 0.25) is 5.89 Å². The summed E-state index contributed by atoms with van der Waals surface area (Å²) in [5.74, 6) is 2.77. The van der Waals surface area contributed by atoms with Crippen molar-refractivity contribution in [3.05, 3.63) is 17.8 Å². The molecule has 17 heavy (non-hydrogen) atoms. The summed E-state index contributed by atoms with van der Waals surface area (Å²) in [4.78, 5) is 15.5. The number of nitrogens with zero attached hydrogens (tertiary/aromatic N) is 1. The second-order valence-corrected chi connectivity index (χ2v) is 5.86. The van der Waals surface area contributed by atoms with E-state index in [9.17, 15) is 4.79 Å². The van der Waals surface area contributed by atoms with Gasteiger partial charge in [0.1, 0.15) is 11.4 Å². The van der Waals surface area contributed by atoms with Gasteiger partial charge in [0, 0.05) is 5.75 Å². The number of esters is 1. The van der Waals surface area contributed by atoms with Crippen molar-refractivity contribution >= 4 is 17.7 Å². The summed E-state index contributed by atoms with van der Waals surface area (Å²) < 4.78 is 10.5. The van der Waals surface area contributed by atoms with E-state index < -0.39 is 5.60 Å². The Labute approximate surface area is 106 Å². The van der Waals surface area contributed by atoms with Crippen LogP contribution in [0.5, 0.6) is 0 Å². The molecule has 0 N–H and O–H groups in total. The zero-order valence-corrected chi connectivity index (χ0v) is 11.6. The zero-order valence-electron chi connectivity index (χ0n) is 10.8. The van der Waals surface area contributed by atoms with E-state index in [1.54, 1.807) is 18.0 Å². The van der Waals surface area contributed by atoms with Gasteiger partial charge in [0.05, 0.1) is 18.4 Å². The van der Waals surface area contributed by atoms with Crippen LogP contribution in [0.15, 0.2) is 10.6 Å². The molecule has 1 aromatic rings. The molecular weight excluding hydrogens is 238 g/mol. The second kappa shape index (κ2) is 6.10. The Kier molecular flexibility index (Phi) is 5.05. The van der Waals surface area contributed by atoms with E-state index in [2.05, 4.69) is 4.98 Å². The van der Waals surface area contributed by atoms with Crippen LogP contribution in [0, 0.1) is 6.92 Å². The Morgan fingerprint density at radius 2 is 2.24 bits per heavy atom. The number of hydrogen-bond acceptors (Lipinski definition) is 5. The van der Waals surface area contributed by atoms with E-state index in [0.717, 1.165) is 11.5 Å². The van der Waals surface area contributed by atoms with E-state index in [1.165, 1.54) is 0 Å². The summed E-state index contributed by atoms with van der Waals surface area (Å²) in [6, 6.07) is 0. The molecule has 1 rings (SSSR count). The molecule has 1 heterocycles. The maximum atomic E-state index is 11.4. The Hall–Kier alpha value is -0.970. The zero-order chi connectivity index (χ0) is 12.9. The lowest BCUT2D eigenvalue weighted by atomic mass is 10.2. The molecule has 0 aliphatic heterocycles. The van der Waals surface area contributed by atoms with Crippen LogP contribution in [0.25, 0.3) is 0 Å². The minimum absolute atomic E-state index is 0.159. The molecule has 1 aromatic heterocycles. The minimum atomic E-state index is -0.401. The Morgan fingerprint density at radius 3 is 2.76 bits per heavy atom. The van der Waals surface area contributed by atoms with Gasteiger partial charge >= 0.3 is 5.97 Å². The van der Waals surface area contributed by atoms with E-state index in [-0.39, 0.29) is 5.97 Å². The van der Waals surface area contributed by atoms with Gasteiger partial charge in [-0.2, -0.15) is 11.8 Å². The molecular formula is C12H19NO3S.